The Balaban J connectivity index is 2.39. The zero-order valence-electron chi connectivity index (χ0n) is 9.26. The van der Waals surface area contributed by atoms with Crippen molar-refractivity contribution in [3.8, 4) is 0 Å². The van der Waals surface area contributed by atoms with Crippen LogP contribution in [0, 0.1) is 0 Å². The van der Waals surface area contributed by atoms with Gasteiger partial charge in [0.25, 0.3) is 0 Å². The topological polar surface area (TPSA) is 64.9 Å². The molecule has 0 bridgehead atoms. The molecule has 0 aliphatic heterocycles. The molecule has 1 aromatic heterocycles. The monoisotopic (exact) mass is 215 g/mol. The van der Waals surface area contributed by atoms with Crippen LogP contribution >= 0.6 is 0 Å². The summed E-state index contributed by atoms with van der Waals surface area (Å²) in [5.74, 6) is 0. The van der Waals surface area contributed by atoms with Crippen LogP contribution in [0.3, 0.4) is 0 Å². The van der Waals surface area contributed by atoms with E-state index in [9.17, 15) is 0 Å². The van der Waals surface area contributed by atoms with Gasteiger partial charge in [0.1, 0.15) is 0 Å². The Labute approximate surface area is 95.9 Å². The predicted molar refractivity (Wildman–Crippen MR) is 65.8 cm³/mol. The molecular weight excluding hydrogens is 198 g/mol. The van der Waals surface area contributed by atoms with Crippen LogP contribution in [0.5, 0.6) is 0 Å². The number of hydrogen-bond acceptors (Lipinski definition) is 3. The molecule has 0 radical (unpaired) electrons. The second-order valence-corrected chi connectivity index (χ2v) is 4.07. The fraction of sp³-hybridized carbons (Fsp3) is 0.308. The molecule has 2 rings (SSSR count). The average Bonchev–Trinajstić information content (AvgIpc) is 2.31. The molecule has 1 unspecified atom stereocenters. The van der Waals surface area contributed by atoms with Crippen molar-refractivity contribution in [2.75, 3.05) is 6.54 Å². The summed E-state index contributed by atoms with van der Waals surface area (Å²) in [6.07, 6.45) is 11.5. The van der Waals surface area contributed by atoms with Gasteiger partial charge in [0.2, 0.25) is 0 Å². The zero-order valence-corrected chi connectivity index (χ0v) is 9.26. The number of pyridine rings is 1. The second kappa shape index (κ2) is 4.60. The standard InChI is InChI=1S/C13H17N3/c14-9-6-12-11(5-4-10-16-12)13(15)7-2-1-3-8-13/h1-5,7,10H,6,8-9,14-15H2. The van der Waals surface area contributed by atoms with Gasteiger partial charge in [-0.05, 0) is 24.6 Å². The third-order valence-electron chi connectivity index (χ3n) is 2.87. The van der Waals surface area contributed by atoms with E-state index in [0.717, 1.165) is 24.1 Å². The Hall–Kier alpha value is -1.45. The summed E-state index contributed by atoms with van der Waals surface area (Å²) >= 11 is 0. The van der Waals surface area contributed by atoms with E-state index in [0.29, 0.717) is 6.54 Å². The Morgan fingerprint density at radius 1 is 1.38 bits per heavy atom. The van der Waals surface area contributed by atoms with Crippen LogP contribution in [0.2, 0.25) is 0 Å². The lowest BCUT2D eigenvalue weighted by atomic mass is 9.83. The SMILES string of the molecule is NCCc1ncccc1C1(N)C=CC=CC1. The third kappa shape index (κ3) is 2.05. The summed E-state index contributed by atoms with van der Waals surface area (Å²) in [4.78, 5) is 4.37. The van der Waals surface area contributed by atoms with Gasteiger partial charge in [-0.3, -0.25) is 4.98 Å². The minimum Gasteiger partial charge on any atom is -0.330 e. The summed E-state index contributed by atoms with van der Waals surface area (Å²) < 4.78 is 0. The molecule has 1 aliphatic rings. The van der Waals surface area contributed by atoms with Crippen molar-refractivity contribution in [1.29, 1.82) is 0 Å². The van der Waals surface area contributed by atoms with E-state index in [4.69, 9.17) is 11.5 Å². The fourth-order valence-corrected chi connectivity index (χ4v) is 2.03. The quantitative estimate of drug-likeness (QED) is 0.797. The smallest absolute Gasteiger partial charge is 0.0651 e. The maximum absolute atomic E-state index is 6.39. The van der Waals surface area contributed by atoms with Gasteiger partial charge in [-0.1, -0.05) is 30.4 Å². The Bertz CT molecular complexity index is 423. The highest BCUT2D eigenvalue weighted by molar-refractivity contribution is 5.36. The van der Waals surface area contributed by atoms with Crippen LogP contribution in [0.25, 0.3) is 0 Å². The molecule has 0 fully saturated rings. The Morgan fingerprint density at radius 3 is 2.94 bits per heavy atom. The largest absolute Gasteiger partial charge is 0.330 e. The number of nitrogens with zero attached hydrogens (tertiary/aromatic N) is 1. The maximum atomic E-state index is 6.39. The van der Waals surface area contributed by atoms with Crippen LogP contribution < -0.4 is 11.5 Å². The molecular formula is C13H17N3. The number of hydrogen-bond donors (Lipinski definition) is 2. The predicted octanol–water partition coefficient (Wildman–Crippen LogP) is 1.25. The number of allylic oxidation sites excluding steroid dienone is 2. The van der Waals surface area contributed by atoms with Gasteiger partial charge in [0, 0.05) is 18.3 Å². The fourth-order valence-electron chi connectivity index (χ4n) is 2.03. The maximum Gasteiger partial charge on any atom is 0.0651 e. The van der Waals surface area contributed by atoms with Crippen molar-refractivity contribution in [1.82, 2.24) is 4.98 Å². The molecule has 1 heterocycles. The minimum absolute atomic E-state index is 0.423. The molecule has 0 saturated heterocycles. The number of aromatic nitrogens is 1. The van der Waals surface area contributed by atoms with Gasteiger partial charge in [-0.2, -0.15) is 0 Å². The molecule has 0 spiro atoms. The van der Waals surface area contributed by atoms with Crippen LogP contribution in [0.4, 0.5) is 0 Å². The van der Waals surface area contributed by atoms with Gasteiger partial charge in [-0.15, -0.1) is 0 Å². The van der Waals surface area contributed by atoms with Crippen LogP contribution in [0.1, 0.15) is 17.7 Å². The highest BCUT2D eigenvalue weighted by Gasteiger charge is 2.26. The summed E-state index contributed by atoms with van der Waals surface area (Å²) in [6, 6.07) is 3.97. The average molecular weight is 215 g/mol. The van der Waals surface area contributed by atoms with E-state index in [-0.39, 0.29) is 0 Å². The third-order valence-corrected chi connectivity index (χ3v) is 2.87. The molecule has 16 heavy (non-hydrogen) atoms. The normalized spacial score (nSPS) is 23.6. The van der Waals surface area contributed by atoms with Crippen molar-refractivity contribution in [2.24, 2.45) is 11.5 Å². The van der Waals surface area contributed by atoms with E-state index in [1.165, 1.54) is 0 Å². The summed E-state index contributed by atoms with van der Waals surface area (Å²) in [7, 11) is 0. The first-order valence-electron chi connectivity index (χ1n) is 5.54. The first-order valence-corrected chi connectivity index (χ1v) is 5.54. The lowest BCUT2D eigenvalue weighted by molar-refractivity contribution is 0.554. The van der Waals surface area contributed by atoms with Crippen molar-refractivity contribution >= 4 is 0 Å². The molecule has 3 nitrogen and oxygen atoms in total. The number of nitrogens with two attached hydrogens (primary N) is 2. The summed E-state index contributed by atoms with van der Waals surface area (Å²) in [5, 5.41) is 0. The molecule has 0 aromatic carbocycles. The minimum atomic E-state index is -0.423. The van der Waals surface area contributed by atoms with Gasteiger partial charge in [-0.25, -0.2) is 0 Å². The number of rotatable bonds is 3. The molecule has 4 N–H and O–H groups in total. The van der Waals surface area contributed by atoms with E-state index in [2.05, 4.69) is 11.1 Å². The molecule has 0 saturated carbocycles. The Kier molecular flexibility index (Phi) is 3.17. The highest BCUT2D eigenvalue weighted by Crippen LogP contribution is 2.28. The molecule has 3 heteroatoms. The van der Waals surface area contributed by atoms with Crippen LogP contribution in [0.15, 0.2) is 42.6 Å². The Morgan fingerprint density at radius 2 is 2.25 bits per heavy atom. The first kappa shape index (κ1) is 11.0. The van der Waals surface area contributed by atoms with Crippen molar-refractivity contribution in [3.05, 3.63) is 53.9 Å². The van der Waals surface area contributed by atoms with Gasteiger partial charge in [0.15, 0.2) is 0 Å². The van der Waals surface area contributed by atoms with E-state index in [1.54, 1.807) is 6.20 Å². The van der Waals surface area contributed by atoms with Crippen molar-refractivity contribution in [2.45, 2.75) is 18.4 Å². The molecule has 1 atom stereocenters. The lowest BCUT2D eigenvalue weighted by Gasteiger charge is -2.28. The lowest BCUT2D eigenvalue weighted by Crippen LogP contribution is -2.36. The second-order valence-electron chi connectivity index (χ2n) is 4.07. The first-order chi connectivity index (χ1) is 7.76. The van der Waals surface area contributed by atoms with Gasteiger partial charge in [0.05, 0.1) is 5.54 Å². The molecule has 0 amide bonds. The zero-order chi connectivity index (χ0) is 11.4. The van der Waals surface area contributed by atoms with Crippen molar-refractivity contribution in [3.63, 3.8) is 0 Å². The molecule has 1 aromatic rings. The van der Waals surface area contributed by atoms with Crippen LogP contribution in [-0.4, -0.2) is 11.5 Å². The van der Waals surface area contributed by atoms with Crippen LogP contribution in [-0.2, 0) is 12.0 Å². The highest BCUT2D eigenvalue weighted by atomic mass is 14.8. The van der Waals surface area contributed by atoms with E-state index >= 15 is 0 Å². The van der Waals surface area contributed by atoms with Crippen molar-refractivity contribution < 1.29 is 0 Å². The van der Waals surface area contributed by atoms with E-state index in [1.807, 2.05) is 30.4 Å². The molecule has 1 aliphatic carbocycles. The molecule has 84 valence electrons. The van der Waals surface area contributed by atoms with Gasteiger partial charge >= 0.3 is 0 Å². The summed E-state index contributed by atoms with van der Waals surface area (Å²) in [6.45, 7) is 0.597. The van der Waals surface area contributed by atoms with E-state index < -0.39 is 5.54 Å². The summed E-state index contributed by atoms with van der Waals surface area (Å²) in [5.41, 5.74) is 13.6. The van der Waals surface area contributed by atoms with Gasteiger partial charge < -0.3 is 11.5 Å².